The number of nitrogens with one attached hydrogen (secondary N) is 1. The highest BCUT2D eigenvalue weighted by molar-refractivity contribution is 5.88. The first-order chi connectivity index (χ1) is 10.2. The van der Waals surface area contributed by atoms with E-state index in [-0.39, 0.29) is 6.03 Å². The molecular formula is C16H24N4O. The first-order valence-electron chi connectivity index (χ1n) is 8.30. The molecule has 5 heteroatoms. The Morgan fingerprint density at radius 1 is 1.19 bits per heavy atom. The molecule has 2 heterocycles. The van der Waals surface area contributed by atoms with Crippen molar-refractivity contribution in [1.29, 1.82) is 0 Å². The highest BCUT2D eigenvalue weighted by atomic mass is 16.2. The number of rotatable bonds is 2. The Balaban J connectivity index is 1.41. The highest BCUT2D eigenvalue weighted by Gasteiger charge is 2.38. The summed E-state index contributed by atoms with van der Waals surface area (Å²) in [5.41, 5.74) is 1.14. The number of carbonyl (C=O) groups is 1. The lowest BCUT2D eigenvalue weighted by Crippen LogP contribution is -2.34. The largest absolute Gasteiger partial charge is 0.324 e. The zero-order chi connectivity index (χ0) is 14.4. The van der Waals surface area contributed by atoms with Gasteiger partial charge in [-0.15, -0.1) is 0 Å². The molecule has 1 saturated heterocycles. The first kappa shape index (κ1) is 13.2. The summed E-state index contributed by atoms with van der Waals surface area (Å²) in [4.78, 5) is 14.4. The van der Waals surface area contributed by atoms with E-state index in [9.17, 15) is 4.79 Å². The Morgan fingerprint density at radius 2 is 1.86 bits per heavy atom. The van der Waals surface area contributed by atoms with E-state index in [2.05, 4.69) is 16.5 Å². The van der Waals surface area contributed by atoms with Crippen LogP contribution in [-0.4, -0.2) is 33.8 Å². The van der Waals surface area contributed by atoms with Crippen molar-refractivity contribution in [3.63, 3.8) is 0 Å². The monoisotopic (exact) mass is 288 g/mol. The summed E-state index contributed by atoms with van der Waals surface area (Å²) >= 11 is 0. The van der Waals surface area contributed by atoms with Crippen LogP contribution in [0.1, 0.15) is 50.1 Å². The van der Waals surface area contributed by atoms with Crippen LogP contribution in [0.15, 0.2) is 6.07 Å². The fraction of sp³-hybridized carbons (Fsp3) is 0.750. The van der Waals surface area contributed by atoms with Gasteiger partial charge in [0.2, 0.25) is 0 Å². The summed E-state index contributed by atoms with van der Waals surface area (Å²) in [5, 5.41) is 7.61. The van der Waals surface area contributed by atoms with E-state index < -0.39 is 0 Å². The zero-order valence-electron chi connectivity index (χ0n) is 12.7. The Hall–Kier alpha value is -1.52. The fourth-order valence-corrected chi connectivity index (χ4v) is 4.10. The third-order valence-corrected chi connectivity index (χ3v) is 5.67. The molecule has 4 rings (SSSR count). The number of fused-ring (bicyclic) bond motifs is 1. The molecule has 1 aliphatic heterocycles. The van der Waals surface area contributed by atoms with E-state index in [4.69, 9.17) is 0 Å². The van der Waals surface area contributed by atoms with Gasteiger partial charge in [-0.2, -0.15) is 5.10 Å². The van der Waals surface area contributed by atoms with Gasteiger partial charge >= 0.3 is 6.03 Å². The average molecular weight is 288 g/mol. The number of carbonyl (C=O) groups excluding carboxylic acids is 1. The molecule has 2 unspecified atom stereocenters. The van der Waals surface area contributed by atoms with Crippen molar-refractivity contribution in [2.75, 3.05) is 18.4 Å². The molecule has 0 aromatic carbocycles. The van der Waals surface area contributed by atoms with Crippen LogP contribution in [0, 0.1) is 11.8 Å². The van der Waals surface area contributed by atoms with Gasteiger partial charge in [0.1, 0.15) is 5.82 Å². The lowest BCUT2D eigenvalue weighted by atomic mass is 9.83. The zero-order valence-corrected chi connectivity index (χ0v) is 12.7. The number of aromatic nitrogens is 2. The van der Waals surface area contributed by atoms with Gasteiger partial charge in [0.05, 0.1) is 5.69 Å². The topological polar surface area (TPSA) is 50.2 Å². The summed E-state index contributed by atoms with van der Waals surface area (Å²) in [7, 11) is 1.91. The van der Waals surface area contributed by atoms with Gasteiger partial charge < -0.3 is 4.90 Å². The second-order valence-electron chi connectivity index (χ2n) is 6.99. The van der Waals surface area contributed by atoms with Gasteiger partial charge in [0.15, 0.2) is 0 Å². The van der Waals surface area contributed by atoms with E-state index >= 15 is 0 Å². The van der Waals surface area contributed by atoms with Crippen LogP contribution in [0.2, 0.25) is 0 Å². The van der Waals surface area contributed by atoms with Gasteiger partial charge in [-0.3, -0.25) is 10.00 Å². The Bertz CT molecular complexity index is 536. The second kappa shape index (κ2) is 5.04. The van der Waals surface area contributed by atoms with Crippen molar-refractivity contribution in [3.05, 3.63) is 11.8 Å². The molecule has 1 aromatic rings. The predicted octanol–water partition coefficient (Wildman–Crippen LogP) is 2.95. The van der Waals surface area contributed by atoms with Crippen molar-refractivity contribution in [3.8, 4) is 0 Å². The molecule has 3 aliphatic rings. The molecular weight excluding hydrogens is 264 g/mol. The summed E-state index contributed by atoms with van der Waals surface area (Å²) in [5.74, 6) is 2.92. The van der Waals surface area contributed by atoms with Crippen LogP contribution in [0.5, 0.6) is 0 Å². The molecule has 2 amide bonds. The van der Waals surface area contributed by atoms with Gasteiger partial charge in [-0.25, -0.2) is 4.79 Å². The van der Waals surface area contributed by atoms with Gasteiger partial charge in [0, 0.05) is 32.1 Å². The van der Waals surface area contributed by atoms with Crippen molar-refractivity contribution in [1.82, 2.24) is 14.7 Å². The standard InChI is InChI=1S/C16H24N4O/c1-19-15(8-14(18-19)11-4-2-5-11)17-16(21)20-9-12-6-3-7-13(12)10-20/h8,11-13H,2-7,9-10H2,1H3,(H,17,21). The maximum Gasteiger partial charge on any atom is 0.323 e. The summed E-state index contributed by atoms with van der Waals surface area (Å²) in [6, 6.07) is 2.10. The lowest BCUT2D eigenvalue weighted by Gasteiger charge is -2.22. The highest BCUT2D eigenvalue weighted by Crippen LogP contribution is 2.38. The summed E-state index contributed by atoms with van der Waals surface area (Å²) in [6.45, 7) is 1.87. The maximum absolute atomic E-state index is 12.4. The minimum absolute atomic E-state index is 0.0487. The predicted molar refractivity (Wildman–Crippen MR) is 81.2 cm³/mol. The molecule has 2 saturated carbocycles. The third kappa shape index (κ3) is 2.32. The molecule has 0 radical (unpaired) electrons. The number of aryl methyl sites for hydroxylation is 1. The molecule has 3 fully saturated rings. The lowest BCUT2D eigenvalue weighted by molar-refractivity contribution is 0.218. The normalized spacial score (nSPS) is 28.5. The molecule has 2 aliphatic carbocycles. The smallest absolute Gasteiger partial charge is 0.323 e. The molecule has 1 N–H and O–H groups in total. The molecule has 0 bridgehead atoms. The van der Waals surface area contributed by atoms with Crippen LogP contribution < -0.4 is 5.32 Å². The number of hydrogen-bond acceptors (Lipinski definition) is 2. The second-order valence-corrected chi connectivity index (χ2v) is 6.99. The first-order valence-corrected chi connectivity index (χ1v) is 8.30. The van der Waals surface area contributed by atoms with Crippen LogP contribution in [0.3, 0.4) is 0 Å². The van der Waals surface area contributed by atoms with E-state index in [1.165, 1.54) is 38.5 Å². The summed E-state index contributed by atoms with van der Waals surface area (Å²) in [6.07, 6.45) is 7.72. The number of likely N-dealkylation sites (tertiary alicyclic amines) is 1. The number of amides is 2. The van der Waals surface area contributed by atoms with E-state index in [1.807, 2.05) is 16.6 Å². The molecule has 2 atom stereocenters. The minimum Gasteiger partial charge on any atom is -0.324 e. The molecule has 1 aromatic heterocycles. The Labute approximate surface area is 125 Å². The summed E-state index contributed by atoms with van der Waals surface area (Å²) < 4.78 is 1.81. The average Bonchev–Trinajstić information content (AvgIpc) is 3.02. The molecule has 114 valence electrons. The van der Waals surface area contributed by atoms with Crippen molar-refractivity contribution in [2.45, 2.75) is 44.4 Å². The maximum atomic E-state index is 12.4. The Morgan fingerprint density at radius 3 is 2.48 bits per heavy atom. The third-order valence-electron chi connectivity index (χ3n) is 5.67. The van der Waals surface area contributed by atoms with E-state index in [1.54, 1.807) is 0 Å². The number of nitrogens with zero attached hydrogens (tertiary/aromatic N) is 3. The van der Waals surface area contributed by atoms with Crippen LogP contribution in [0.25, 0.3) is 0 Å². The Kier molecular flexibility index (Phi) is 3.16. The van der Waals surface area contributed by atoms with Crippen LogP contribution >= 0.6 is 0 Å². The van der Waals surface area contributed by atoms with Crippen molar-refractivity contribution < 1.29 is 4.79 Å². The van der Waals surface area contributed by atoms with Gasteiger partial charge in [-0.05, 0) is 37.5 Å². The van der Waals surface area contributed by atoms with Crippen molar-refractivity contribution in [2.24, 2.45) is 18.9 Å². The molecule has 0 spiro atoms. The van der Waals surface area contributed by atoms with Gasteiger partial charge in [0.25, 0.3) is 0 Å². The van der Waals surface area contributed by atoms with Crippen LogP contribution in [-0.2, 0) is 7.05 Å². The van der Waals surface area contributed by atoms with E-state index in [0.717, 1.165) is 36.4 Å². The minimum atomic E-state index is 0.0487. The van der Waals surface area contributed by atoms with Crippen LogP contribution in [0.4, 0.5) is 10.6 Å². The van der Waals surface area contributed by atoms with E-state index in [0.29, 0.717) is 5.92 Å². The SMILES string of the molecule is Cn1nc(C2CCC2)cc1NC(=O)N1CC2CCCC2C1. The molecule has 5 nitrogen and oxygen atoms in total. The molecule has 21 heavy (non-hydrogen) atoms. The number of hydrogen-bond donors (Lipinski definition) is 1. The van der Waals surface area contributed by atoms with Gasteiger partial charge in [-0.1, -0.05) is 12.8 Å². The number of urea groups is 1. The number of anilines is 1. The fourth-order valence-electron chi connectivity index (χ4n) is 4.10. The quantitative estimate of drug-likeness (QED) is 0.909. The van der Waals surface area contributed by atoms with Crippen molar-refractivity contribution >= 4 is 11.8 Å².